The van der Waals surface area contributed by atoms with Crippen molar-refractivity contribution in [2.24, 2.45) is 0 Å². The molecule has 2 rings (SSSR count). The molecule has 1 amide bonds. The first-order chi connectivity index (χ1) is 10.4. The largest absolute Gasteiger partial charge is 0.325 e. The van der Waals surface area contributed by atoms with Crippen LogP contribution in [0.25, 0.3) is 0 Å². The molecule has 116 valence electrons. The van der Waals surface area contributed by atoms with Gasteiger partial charge in [-0.05, 0) is 43.8 Å². The number of hydrogen-bond donors (Lipinski definition) is 1. The molecule has 0 atom stereocenters. The van der Waals surface area contributed by atoms with E-state index in [1.807, 2.05) is 43.1 Å². The average Bonchev–Trinajstić information content (AvgIpc) is 2.44. The van der Waals surface area contributed by atoms with E-state index in [0.29, 0.717) is 11.6 Å². The van der Waals surface area contributed by atoms with Gasteiger partial charge in [-0.15, -0.1) is 0 Å². The van der Waals surface area contributed by atoms with Crippen LogP contribution in [0.5, 0.6) is 0 Å². The lowest BCUT2D eigenvalue weighted by atomic mass is 10.2. The molecule has 0 unspecified atom stereocenters. The summed E-state index contributed by atoms with van der Waals surface area (Å²) in [5.41, 5.74) is 2.69. The summed E-state index contributed by atoms with van der Waals surface area (Å²) in [4.78, 5) is 13.8. The Hall–Kier alpha value is -1.91. The molecule has 0 spiro atoms. The summed E-state index contributed by atoms with van der Waals surface area (Å²) in [5, 5.41) is 3.20. The topological polar surface area (TPSA) is 32.3 Å². The molecule has 1 N–H and O–H groups in total. The van der Waals surface area contributed by atoms with Crippen molar-refractivity contribution in [3.05, 3.63) is 64.4 Å². The molecule has 0 saturated carbocycles. The second-order valence-electron chi connectivity index (χ2n) is 5.32. The van der Waals surface area contributed by atoms with Crippen molar-refractivity contribution in [3.63, 3.8) is 0 Å². The van der Waals surface area contributed by atoms with Gasteiger partial charge < -0.3 is 5.32 Å². The summed E-state index contributed by atoms with van der Waals surface area (Å²) in [6, 6.07) is 11.9. The number of carbonyl (C=O) groups excluding carboxylic acids is 1. The van der Waals surface area contributed by atoms with Crippen LogP contribution < -0.4 is 5.32 Å². The quantitative estimate of drug-likeness (QED) is 0.907. The van der Waals surface area contributed by atoms with Gasteiger partial charge in [0.25, 0.3) is 0 Å². The van der Waals surface area contributed by atoms with Gasteiger partial charge in [0.15, 0.2) is 0 Å². The Bertz CT molecular complexity index is 658. The lowest BCUT2D eigenvalue weighted by molar-refractivity contribution is -0.117. The first-order valence-corrected chi connectivity index (χ1v) is 7.31. The van der Waals surface area contributed by atoms with Crippen LogP contribution >= 0.6 is 11.6 Å². The molecule has 22 heavy (non-hydrogen) atoms. The van der Waals surface area contributed by atoms with Crippen LogP contribution in [-0.2, 0) is 11.3 Å². The van der Waals surface area contributed by atoms with Crippen LogP contribution in [0.15, 0.2) is 42.5 Å². The Balaban J connectivity index is 1.89. The van der Waals surface area contributed by atoms with Gasteiger partial charge >= 0.3 is 0 Å². The predicted octanol–water partition coefficient (Wildman–Crippen LogP) is 3.86. The molecular weight excluding hydrogens is 303 g/mol. The normalized spacial score (nSPS) is 10.8. The molecule has 0 aromatic heterocycles. The van der Waals surface area contributed by atoms with Crippen LogP contribution in [0.4, 0.5) is 10.1 Å². The lowest BCUT2D eigenvalue weighted by Crippen LogP contribution is -2.29. The van der Waals surface area contributed by atoms with Crippen molar-refractivity contribution in [2.75, 3.05) is 18.9 Å². The monoisotopic (exact) mass is 320 g/mol. The number of nitrogens with zero attached hydrogens (tertiary/aromatic N) is 1. The van der Waals surface area contributed by atoms with Gasteiger partial charge in [0.1, 0.15) is 5.82 Å². The maximum Gasteiger partial charge on any atom is 0.238 e. The number of carbonyl (C=O) groups is 1. The molecule has 0 radical (unpaired) electrons. The molecule has 0 aliphatic carbocycles. The van der Waals surface area contributed by atoms with Gasteiger partial charge in [-0.2, -0.15) is 0 Å². The van der Waals surface area contributed by atoms with E-state index in [2.05, 4.69) is 5.32 Å². The molecule has 0 aliphatic rings. The zero-order chi connectivity index (χ0) is 16.1. The van der Waals surface area contributed by atoms with E-state index in [1.165, 1.54) is 12.1 Å². The number of halogens is 2. The van der Waals surface area contributed by atoms with E-state index in [1.54, 1.807) is 6.07 Å². The maximum atomic E-state index is 13.0. The van der Waals surface area contributed by atoms with E-state index in [0.717, 1.165) is 16.8 Å². The molecule has 3 nitrogen and oxygen atoms in total. The van der Waals surface area contributed by atoms with Gasteiger partial charge in [-0.1, -0.05) is 35.4 Å². The number of benzene rings is 2. The Labute approximate surface area is 134 Å². The third kappa shape index (κ3) is 4.83. The zero-order valence-corrected chi connectivity index (χ0v) is 13.3. The van der Waals surface area contributed by atoms with Crippen LogP contribution in [-0.4, -0.2) is 24.4 Å². The highest BCUT2D eigenvalue weighted by Crippen LogP contribution is 2.18. The minimum Gasteiger partial charge on any atom is -0.325 e. The molecule has 0 aliphatic heterocycles. The van der Waals surface area contributed by atoms with E-state index in [4.69, 9.17) is 11.6 Å². The number of rotatable bonds is 5. The van der Waals surface area contributed by atoms with Crippen molar-refractivity contribution >= 4 is 23.2 Å². The third-order valence-electron chi connectivity index (χ3n) is 3.20. The summed E-state index contributed by atoms with van der Waals surface area (Å²) in [6.07, 6.45) is 0. The van der Waals surface area contributed by atoms with Gasteiger partial charge in [0.05, 0.1) is 6.54 Å². The van der Waals surface area contributed by atoms with Crippen LogP contribution in [0.1, 0.15) is 11.1 Å². The molecule has 0 saturated heterocycles. The first-order valence-electron chi connectivity index (χ1n) is 6.93. The molecular formula is C17H18ClFN2O. The van der Waals surface area contributed by atoms with Crippen molar-refractivity contribution in [3.8, 4) is 0 Å². The fraction of sp³-hybridized carbons (Fsp3) is 0.235. The molecule has 2 aromatic rings. The summed E-state index contributed by atoms with van der Waals surface area (Å²) >= 11 is 5.99. The standard InChI is InChI=1S/C17H18ClFN2O/c1-12-3-7-15(8-4-12)20-17(22)11-21(2)10-13-5-6-14(19)9-16(13)18/h3-9H,10-11H2,1-2H3,(H,20,22). The van der Waals surface area contributed by atoms with Crippen molar-refractivity contribution in [2.45, 2.75) is 13.5 Å². The zero-order valence-electron chi connectivity index (χ0n) is 12.6. The SMILES string of the molecule is Cc1ccc(NC(=O)CN(C)Cc2ccc(F)cc2Cl)cc1. The summed E-state index contributed by atoms with van der Waals surface area (Å²) in [6.45, 7) is 2.69. The highest BCUT2D eigenvalue weighted by Gasteiger charge is 2.10. The van der Waals surface area contributed by atoms with Crippen LogP contribution in [0.3, 0.4) is 0 Å². The summed E-state index contributed by atoms with van der Waals surface area (Å²) in [7, 11) is 1.81. The predicted molar refractivity (Wildman–Crippen MR) is 87.6 cm³/mol. The van der Waals surface area contributed by atoms with Crippen LogP contribution in [0, 0.1) is 12.7 Å². The second kappa shape index (κ2) is 7.38. The minimum atomic E-state index is -0.367. The lowest BCUT2D eigenvalue weighted by Gasteiger charge is -2.17. The Kier molecular flexibility index (Phi) is 5.52. The van der Waals surface area contributed by atoms with E-state index >= 15 is 0 Å². The summed E-state index contributed by atoms with van der Waals surface area (Å²) < 4.78 is 13.0. The van der Waals surface area contributed by atoms with Gasteiger partial charge in [-0.3, -0.25) is 9.69 Å². The van der Waals surface area contributed by atoms with Crippen molar-refractivity contribution in [1.82, 2.24) is 4.90 Å². The molecule has 0 heterocycles. The Morgan fingerprint density at radius 3 is 2.55 bits per heavy atom. The van der Waals surface area contributed by atoms with E-state index in [9.17, 15) is 9.18 Å². The fourth-order valence-electron chi connectivity index (χ4n) is 2.08. The number of likely N-dealkylation sites (N-methyl/N-ethyl adjacent to an activating group) is 1. The maximum absolute atomic E-state index is 13.0. The minimum absolute atomic E-state index is 0.107. The number of anilines is 1. The Morgan fingerprint density at radius 1 is 1.23 bits per heavy atom. The average molecular weight is 321 g/mol. The smallest absolute Gasteiger partial charge is 0.238 e. The first kappa shape index (κ1) is 16.5. The number of nitrogens with one attached hydrogen (secondary N) is 1. The highest BCUT2D eigenvalue weighted by molar-refractivity contribution is 6.31. The third-order valence-corrected chi connectivity index (χ3v) is 3.56. The van der Waals surface area contributed by atoms with Gasteiger partial charge in [-0.25, -0.2) is 4.39 Å². The summed E-state index contributed by atoms with van der Waals surface area (Å²) in [5.74, 6) is -0.474. The van der Waals surface area contributed by atoms with Gasteiger partial charge in [0.2, 0.25) is 5.91 Å². The van der Waals surface area contributed by atoms with Crippen molar-refractivity contribution < 1.29 is 9.18 Å². The molecule has 2 aromatic carbocycles. The number of aryl methyl sites for hydroxylation is 1. The van der Waals surface area contributed by atoms with Crippen molar-refractivity contribution in [1.29, 1.82) is 0 Å². The Morgan fingerprint density at radius 2 is 1.91 bits per heavy atom. The second-order valence-corrected chi connectivity index (χ2v) is 5.73. The van der Waals surface area contributed by atoms with E-state index in [-0.39, 0.29) is 18.3 Å². The molecule has 0 fully saturated rings. The molecule has 0 bridgehead atoms. The molecule has 5 heteroatoms. The van der Waals surface area contributed by atoms with E-state index < -0.39 is 0 Å². The number of hydrogen-bond acceptors (Lipinski definition) is 2. The fourth-order valence-corrected chi connectivity index (χ4v) is 2.31. The van der Waals surface area contributed by atoms with Crippen LogP contribution in [0.2, 0.25) is 5.02 Å². The highest BCUT2D eigenvalue weighted by atomic mass is 35.5. The van der Waals surface area contributed by atoms with Gasteiger partial charge in [0, 0.05) is 17.3 Å². The number of amides is 1.